The van der Waals surface area contributed by atoms with E-state index in [0.29, 0.717) is 11.6 Å². The maximum absolute atomic E-state index is 4.51. The van der Waals surface area contributed by atoms with Crippen molar-refractivity contribution in [1.82, 2.24) is 15.0 Å². The molecule has 0 radical (unpaired) electrons. The third-order valence-corrected chi connectivity index (χ3v) is 3.33. The van der Waals surface area contributed by atoms with E-state index < -0.39 is 0 Å². The van der Waals surface area contributed by atoms with Crippen LogP contribution in [0.3, 0.4) is 0 Å². The molecule has 23 heavy (non-hydrogen) atoms. The van der Waals surface area contributed by atoms with Crippen LogP contribution < -0.4 is 0 Å². The van der Waals surface area contributed by atoms with Crippen molar-refractivity contribution >= 4 is 23.1 Å². The van der Waals surface area contributed by atoms with Gasteiger partial charge in [0.15, 0.2) is 11.6 Å². The lowest BCUT2D eigenvalue weighted by Crippen LogP contribution is -1.99. The van der Waals surface area contributed by atoms with E-state index in [4.69, 9.17) is 0 Å². The number of rotatable bonds is 4. The first kappa shape index (κ1) is 14.8. The Morgan fingerprint density at radius 3 is 1.61 bits per heavy atom. The first-order valence-electron chi connectivity index (χ1n) is 7.35. The average Bonchev–Trinajstić information content (AvgIpc) is 3.07. The van der Waals surface area contributed by atoms with E-state index in [1.165, 1.54) is 0 Å². The van der Waals surface area contributed by atoms with Crippen LogP contribution in [0.5, 0.6) is 0 Å². The van der Waals surface area contributed by atoms with Crippen molar-refractivity contribution in [3.8, 4) is 0 Å². The standard InChI is InChI=1S/C18H17N5/c1-13(21-17-7-3-5-11-19-17)15-9-10-16(23-15)14(2)22-18-8-4-6-12-20-18/h3-12,23H,1-2H3/b21-13+,22-14?. The smallest absolute Gasteiger partial charge is 0.152 e. The molecule has 0 bridgehead atoms. The highest BCUT2D eigenvalue weighted by Gasteiger charge is 2.05. The van der Waals surface area contributed by atoms with Gasteiger partial charge in [0, 0.05) is 12.4 Å². The van der Waals surface area contributed by atoms with E-state index >= 15 is 0 Å². The zero-order chi connectivity index (χ0) is 16.1. The first-order valence-corrected chi connectivity index (χ1v) is 7.35. The molecule has 0 atom stereocenters. The molecule has 0 aliphatic carbocycles. The minimum atomic E-state index is 0.694. The summed E-state index contributed by atoms with van der Waals surface area (Å²) in [6, 6.07) is 15.3. The summed E-state index contributed by atoms with van der Waals surface area (Å²) in [5.74, 6) is 1.39. The van der Waals surface area contributed by atoms with Gasteiger partial charge >= 0.3 is 0 Å². The molecule has 3 aromatic heterocycles. The second-order valence-electron chi connectivity index (χ2n) is 5.06. The fraction of sp³-hybridized carbons (Fsp3) is 0.111. The molecule has 5 heteroatoms. The summed E-state index contributed by atoms with van der Waals surface area (Å²) in [6.45, 7) is 3.91. The summed E-state index contributed by atoms with van der Waals surface area (Å²) >= 11 is 0. The number of aromatic amines is 1. The molecule has 1 N–H and O–H groups in total. The number of hydrogen-bond donors (Lipinski definition) is 1. The average molecular weight is 303 g/mol. The molecule has 0 spiro atoms. The second kappa shape index (κ2) is 6.79. The molecule has 0 aliphatic heterocycles. The van der Waals surface area contributed by atoms with Crippen LogP contribution in [0.25, 0.3) is 0 Å². The maximum atomic E-state index is 4.51. The van der Waals surface area contributed by atoms with Gasteiger partial charge in [-0.15, -0.1) is 0 Å². The van der Waals surface area contributed by atoms with Gasteiger partial charge in [-0.05, 0) is 50.2 Å². The predicted molar refractivity (Wildman–Crippen MR) is 93.0 cm³/mol. The Labute approximate surface area is 134 Å². The third-order valence-electron chi connectivity index (χ3n) is 3.33. The van der Waals surface area contributed by atoms with Gasteiger partial charge in [0.05, 0.1) is 22.8 Å². The lowest BCUT2D eigenvalue weighted by Gasteiger charge is -1.99. The number of nitrogens with one attached hydrogen (secondary N) is 1. The molecular formula is C18H17N5. The monoisotopic (exact) mass is 303 g/mol. The van der Waals surface area contributed by atoms with Gasteiger partial charge in [-0.3, -0.25) is 0 Å². The molecular weight excluding hydrogens is 286 g/mol. The van der Waals surface area contributed by atoms with Crippen LogP contribution in [-0.2, 0) is 0 Å². The normalized spacial score (nSPS) is 12.4. The van der Waals surface area contributed by atoms with Gasteiger partial charge in [0.2, 0.25) is 0 Å². The van der Waals surface area contributed by atoms with Crippen molar-refractivity contribution in [3.63, 3.8) is 0 Å². The van der Waals surface area contributed by atoms with Crippen LogP contribution >= 0.6 is 0 Å². The van der Waals surface area contributed by atoms with Crippen LogP contribution in [0.15, 0.2) is 70.9 Å². The van der Waals surface area contributed by atoms with Gasteiger partial charge in [0.25, 0.3) is 0 Å². The minimum absolute atomic E-state index is 0.694. The number of hydrogen-bond acceptors (Lipinski definition) is 4. The highest BCUT2D eigenvalue weighted by atomic mass is 14.9. The summed E-state index contributed by atoms with van der Waals surface area (Å²) in [5.41, 5.74) is 3.64. The van der Waals surface area contributed by atoms with Crippen molar-refractivity contribution in [2.24, 2.45) is 9.98 Å². The van der Waals surface area contributed by atoms with Crippen molar-refractivity contribution in [2.45, 2.75) is 13.8 Å². The summed E-state index contributed by atoms with van der Waals surface area (Å²) < 4.78 is 0. The van der Waals surface area contributed by atoms with E-state index in [9.17, 15) is 0 Å². The van der Waals surface area contributed by atoms with Gasteiger partial charge in [0.1, 0.15) is 0 Å². The molecule has 0 fully saturated rings. The van der Waals surface area contributed by atoms with Crippen LogP contribution in [0.4, 0.5) is 11.6 Å². The zero-order valence-corrected chi connectivity index (χ0v) is 13.1. The largest absolute Gasteiger partial charge is 0.353 e. The number of aromatic nitrogens is 3. The van der Waals surface area contributed by atoms with Crippen molar-refractivity contribution < 1.29 is 0 Å². The third kappa shape index (κ3) is 3.77. The van der Waals surface area contributed by atoms with Gasteiger partial charge in [-0.1, -0.05) is 12.1 Å². The SMILES string of the molecule is CC(=Nc1ccccn1)c1ccc(/C(C)=N/c2ccccn2)[nH]1. The number of aliphatic imine (C=N–C) groups is 2. The van der Waals surface area contributed by atoms with Crippen LogP contribution in [0, 0.1) is 0 Å². The van der Waals surface area contributed by atoms with Gasteiger partial charge < -0.3 is 4.98 Å². The Morgan fingerprint density at radius 2 is 1.22 bits per heavy atom. The Hall–Kier alpha value is -3.08. The van der Waals surface area contributed by atoms with E-state index in [0.717, 1.165) is 22.8 Å². The molecule has 0 unspecified atom stereocenters. The molecule has 5 nitrogen and oxygen atoms in total. The van der Waals surface area contributed by atoms with Crippen LogP contribution in [0.1, 0.15) is 25.2 Å². The summed E-state index contributed by atoms with van der Waals surface area (Å²) in [4.78, 5) is 20.8. The predicted octanol–water partition coefficient (Wildman–Crippen LogP) is 4.09. The molecule has 0 aromatic carbocycles. The van der Waals surface area contributed by atoms with Crippen LogP contribution in [0.2, 0.25) is 0 Å². The first-order chi connectivity index (χ1) is 11.2. The molecule has 0 saturated heterocycles. The Bertz CT molecular complexity index is 762. The molecule has 0 saturated carbocycles. The number of nitrogens with zero attached hydrogens (tertiary/aromatic N) is 4. The summed E-state index contributed by atoms with van der Waals surface area (Å²) in [7, 11) is 0. The van der Waals surface area contributed by atoms with E-state index in [1.807, 2.05) is 62.4 Å². The zero-order valence-electron chi connectivity index (χ0n) is 13.1. The Morgan fingerprint density at radius 1 is 0.739 bits per heavy atom. The van der Waals surface area contributed by atoms with Gasteiger partial charge in [-0.25, -0.2) is 20.0 Å². The van der Waals surface area contributed by atoms with E-state index in [-0.39, 0.29) is 0 Å². The Balaban J connectivity index is 1.83. The van der Waals surface area contributed by atoms with Crippen LogP contribution in [-0.4, -0.2) is 26.4 Å². The fourth-order valence-corrected chi connectivity index (χ4v) is 2.12. The molecule has 3 rings (SSSR count). The number of H-pyrrole nitrogens is 1. The topological polar surface area (TPSA) is 66.3 Å². The molecule has 3 aromatic rings. The summed E-state index contributed by atoms with van der Waals surface area (Å²) in [5, 5.41) is 0. The molecule has 3 heterocycles. The second-order valence-corrected chi connectivity index (χ2v) is 5.06. The van der Waals surface area contributed by atoms with Crippen molar-refractivity contribution in [3.05, 3.63) is 72.3 Å². The molecule has 0 aliphatic rings. The lowest BCUT2D eigenvalue weighted by atomic mass is 10.3. The highest BCUT2D eigenvalue weighted by Crippen LogP contribution is 2.13. The molecule has 0 amide bonds. The van der Waals surface area contributed by atoms with Crippen molar-refractivity contribution in [2.75, 3.05) is 0 Å². The minimum Gasteiger partial charge on any atom is -0.353 e. The summed E-state index contributed by atoms with van der Waals surface area (Å²) in [6.07, 6.45) is 3.46. The van der Waals surface area contributed by atoms with Crippen molar-refractivity contribution in [1.29, 1.82) is 0 Å². The Kier molecular flexibility index (Phi) is 4.38. The highest BCUT2D eigenvalue weighted by molar-refractivity contribution is 6.03. The van der Waals surface area contributed by atoms with Gasteiger partial charge in [-0.2, -0.15) is 0 Å². The fourth-order valence-electron chi connectivity index (χ4n) is 2.12. The lowest BCUT2D eigenvalue weighted by molar-refractivity contribution is 1.24. The maximum Gasteiger partial charge on any atom is 0.152 e. The molecule has 114 valence electrons. The van der Waals surface area contributed by atoms with E-state index in [2.05, 4.69) is 24.9 Å². The van der Waals surface area contributed by atoms with E-state index in [1.54, 1.807) is 12.4 Å². The number of pyridine rings is 2. The quantitative estimate of drug-likeness (QED) is 0.738.